The SMILES string of the molecule is O=C(O)C(c1ccccc1)N(CC1CC1)C1CC1. The molecule has 0 radical (unpaired) electrons. The Kier molecular flexibility index (Phi) is 3.08. The summed E-state index contributed by atoms with van der Waals surface area (Å²) in [7, 11) is 0. The minimum Gasteiger partial charge on any atom is -0.480 e. The van der Waals surface area contributed by atoms with Crippen LogP contribution in [0.3, 0.4) is 0 Å². The van der Waals surface area contributed by atoms with Gasteiger partial charge in [0, 0.05) is 12.6 Å². The van der Waals surface area contributed by atoms with E-state index in [4.69, 9.17) is 0 Å². The lowest BCUT2D eigenvalue weighted by molar-refractivity contribution is -0.144. The van der Waals surface area contributed by atoms with Crippen molar-refractivity contribution in [3.63, 3.8) is 0 Å². The van der Waals surface area contributed by atoms with Gasteiger partial charge in [-0.1, -0.05) is 30.3 Å². The van der Waals surface area contributed by atoms with Crippen molar-refractivity contribution in [3.8, 4) is 0 Å². The predicted molar refractivity (Wildman–Crippen MR) is 69.3 cm³/mol. The Morgan fingerprint density at radius 3 is 2.39 bits per heavy atom. The molecule has 1 unspecified atom stereocenters. The van der Waals surface area contributed by atoms with Gasteiger partial charge in [0.05, 0.1) is 0 Å². The average Bonchev–Trinajstić information content (AvgIpc) is 3.23. The molecule has 0 aliphatic heterocycles. The summed E-state index contributed by atoms with van der Waals surface area (Å²) in [6.07, 6.45) is 4.85. The van der Waals surface area contributed by atoms with Crippen molar-refractivity contribution in [2.24, 2.45) is 5.92 Å². The van der Waals surface area contributed by atoms with Gasteiger partial charge in [-0.25, -0.2) is 0 Å². The van der Waals surface area contributed by atoms with Gasteiger partial charge in [-0.15, -0.1) is 0 Å². The Morgan fingerprint density at radius 2 is 1.89 bits per heavy atom. The third-order valence-corrected chi connectivity index (χ3v) is 3.86. The molecule has 1 aromatic rings. The molecule has 0 aromatic heterocycles. The molecule has 0 saturated heterocycles. The molecule has 0 spiro atoms. The maximum Gasteiger partial charge on any atom is 0.325 e. The Balaban J connectivity index is 1.84. The second-order valence-corrected chi connectivity index (χ2v) is 5.52. The molecule has 18 heavy (non-hydrogen) atoms. The molecule has 96 valence electrons. The van der Waals surface area contributed by atoms with Crippen molar-refractivity contribution in [3.05, 3.63) is 35.9 Å². The van der Waals surface area contributed by atoms with Crippen LogP contribution in [0.25, 0.3) is 0 Å². The number of hydrogen-bond acceptors (Lipinski definition) is 2. The quantitative estimate of drug-likeness (QED) is 0.837. The van der Waals surface area contributed by atoms with Gasteiger partial charge in [0.25, 0.3) is 0 Å². The highest BCUT2D eigenvalue weighted by Gasteiger charge is 2.40. The molecule has 0 bridgehead atoms. The molecule has 3 heteroatoms. The van der Waals surface area contributed by atoms with Crippen LogP contribution >= 0.6 is 0 Å². The molecule has 2 saturated carbocycles. The first-order chi connectivity index (χ1) is 8.75. The Bertz CT molecular complexity index is 423. The van der Waals surface area contributed by atoms with Gasteiger partial charge >= 0.3 is 5.97 Å². The van der Waals surface area contributed by atoms with E-state index in [1.165, 1.54) is 12.8 Å². The lowest BCUT2D eigenvalue weighted by atomic mass is 10.0. The Labute approximate surface area is 107 Å². The molecule has 2 fully saturated rings. The number of aliphatic carboxylic acids is 1. The van der Waals surface area contributed by atoms with Crippen LogP contribution in [0, 0.1) is 5.92 Å². The van der Waals surface area contributed by atoms with E-state index in [2.05, 4.69) is 4.90 Å². The zero-order valence-electron chi connectivity index (χ0n) is 10.5. The van der Waals surface area contributed by atoms with Crippen molar-refractivity contribution in [2.75, 3.05) is 6.54 Å². The van der Waals surface area contributed by atoms with E-state index in [0.717, 1.165) is 30.9 Å². The van der Waals surface area contributed by atoms with Gasteiger partial charge in [0.2, 0.25) is 0 Å². The number of carbonyl (C=O) groups is 1. The lowest BCUT2D eigenvalue weighted by Crippen LogP contribution is -2.37. The maximum absolute atomic E-state index is 11.6. The summed E-state index contributed by atoms with van der Waals surface area (Å²) in [6.45, 7) is 0.955. The summed E-state index contributed by atoms with van der Waals surface area (Å²) in [5, 5.41) is 9.57. The zero-order valence-corrected chi connectivity index (χ0v) is 10.5. The fourth-order valence-corrected chi connectivity index (χ4v) is 2.58. The number of rotatable bonds is 6. The fraction of sp³-hybridized carbons (Fsp3) is 0.533. The molecule has 2 aliphatic rings. The van der Waals surface area contributed by atoms with E-state index in [9.17, 15) is 9.90 Å². The van der Waals surface area contributed by atoms with Gasteiger partial charge in [0.1, 0.15) is 6.04 Å². The summed E-state index contributed by atoms with van der Waals surface area (Å²) in [6, 6.07) is 9.68. The number of nitrogens with zero attached hydrogens (tertiary/aromatic N) is 1. The van der Waals surface area contributed by atoms with E-state index in [0.29, 0.717) is 6.04 Å². The van der Waals surface area contributed by atoms with Crippen LogP contribution in [-0.2, 0) is 4.79 Å². The Hall–Kier alpha value is -1.35. The third-order valence-electron chi connectivity index (χ3n) is 3.86. The zero-order chi connectivity index (χ0) is 12.5. The van der Waals surface area contributed by atoms with Crippen LogP contribution in [0.4, 0.5) is 0 Å². The molecule has 0 amide bonds. The van der Waals surface area contributed by atoms with Gasteiger partial charge in [-0.05, 0) is 37.2 Å². The van der Waals surface area contributed by atoms with Crippen LogP contribution < -0.4 is 0 Å². The highest BCUT2D eigenvalue weighted by atomic mass is 16.4. The summed E-state index contributed by atoms with van der Waals surface area (Å²) >= 11 is 0. The van der Waals surface area contributed by atoms with E-state index in [-0.39, 0.29) is 0 Å². The second-order valence-electron chi connectivity index (χ2n) is 5.52. The van der Waals surface area contributed by atoms with Gasteiger partial charge in [-0.2, -0.15) is 0 Å². The summed E-state index contributed by atoms with van der Waals surface area (Å²) in [5.74, 6) is 0.0184. The van der Waals surface area contributed by atoms with E-state index in [1.807, 2.05) is 30.3 Å². The molecular formula is C15H19NO2. The van der Waals surface area contributed by atoms with E-state index >= 15 is 0 Å². The molecule has 2 aliphatic carbocycles. The number of carboxylic acids is 1. The summed E-state index contributed by atoms with van der Waals surface area (Å²) < 4.78 is 0. The number of benzene rings is 1. The molecule has 3 nitrogen and oxygen atoms in total. The number of carboxylic acid groups (broad SMARTS) is 1. The van der Waals surface area contributed by atoms with Crippen molar-refractivity contribution in [2.45, 2.75) is 37.8 Å². The van der Waals surface area contributed by atoms with Gasteiger partial charge < -0.3 is 5.11 Å². The van der Waals surface area contributed by atoms with E-state index in [1.54, 1.807) is 0 Å². The minimum atomic E-state index is -0.714. The van der Waals surface area contributed by atoms with Crippen LogP contribution in [0.2, 0.25) is 0 Å². The average molecular weight is 245 g/mol. The molecule has 0 heterocycles. The first-order valence-electron chi connectivity index (χ1n) is 6.79. The van der Waals surface area contributed by atoms with Crippen molar-refractivity contribution < 1.29 is 9.90 Å². The fourth-order valence-electron chi connectivity index (χ4n) is 2.58. The summed E-state index contributed by atoms with van der Waals surface area (Å²) in [4.78, 5) is 13.9. The van der Waals surface area contributed by atoms with Crippen LogP contribution in [0.15, 0.2) is 30.3 Å². The van der Waals surface area contributed by atoms with Gasteiger partial charge in [0.15, 0.2) is 0 Å². The second kappa shape index (κ2) is 4.73. The topological polar surface area (TPSA) is 40.5 Å². The van der Waals surface area contributed by atoms with Crippen LogP contribution in [-0.4, -0.2) is 28.6 Å². The van der Waals surface area contributed by atoms with Crippen molar-refractivity contribution in [1.29, 1.82) is 0 Å². The first kappa shape index (κ1) is 11.7. The van der Waals surface area contributed by atoms with Gasteiger partial charge in [-0.3, -0.25) is 9.69 Å². The maximum atomic E-state index is 11.6. The first-order valence-corrected chi connectivity index (χ1v) is 6.79. The Morgan fingerprint density at radius 1 is 1.22 bits per heavy atom. The monoisotopic (exact) mass is 245 g/mol. The van der Waals surface area contributed by atoms with Crippen molar-refractivity contribution in [1.82, 2.24) is 4.90 Å². The van der Waals surface area contributed by atoms with Crippen LogP contribution in [0.5, 0.6) is 0 Å². The minimum absolute atomic E-state index is 0.459. The summed E-state index contributed by atoms with van der Waals surface area (Å²) in [5.41, 5.74) is 0.914. The largest absolute Gasteiger partial charge is 0.480 e. The predicted octanol–water partition coefficient (Wildman–Crippen LogP) is 2.69. The molecular weight excluding hydrogens is 226 g/mol. The molecule has 1 N–H and O–H groups in total. The molecule has 1 aromatic carbocycles. The highest BCUT2D eigenvalue weighted by molar-refractivity contribution is 5.75. The normalized spacial score (nSPS) is 20.9. The van der Waals surface area contributed by atoms with E-state index < -0.39 is 12.0 Å². The highest BCUT2D eigenvalue weighted by Crippen LogP contribution is 2.39. The van der Waals surface area contributed by atoms with Crippen molar-refractivity contribution >= 4 is 5.97 Å². The molecule has 3 rings (SSSR count). The lowest BCUT2D eigenvalue weighted by Gasteiger charge is -2.29. The standard InChI is InChI=1S/C15H19NO2/c17-15(18)14(12-4-2-1-3-5-12)16(13-8-9-13)10-11-6-7-11/h1-5,11,13-14H,6-10H2,(H,17,18). The smallest absolute Gasteiger partial charge is 0.325 e. The number of hydrogen-bond donors (Lipinski definition) is 1. The van der Waals surface area contributed by atoms with Crippen LogP contribution in [0.1, 0.15) is 37.3 Å². The molecule has 1 atom stereocenters. The third kappa shape index (κ3) is 2.56.